The molecule has 0 aromatic heterocycles. The summed E-state index contributed by atoms with van der Waals surface area (Å²) in [4.78, 5) is 0. The molecule has 0 saturated heterocycles. The Morgan fingerprint density at radius 1 is 0.630 bits per heavy atom. The average Bonchev–Trinajstić information content (AvgIpc) is 2.62. The summed E-state index contributed by atoms with van der Waals surface area (Å²) < 4.78 is 49.1. The van der Waals surface area contributed by atoms with E-state index in [1.807, 2.05) is 27.7 Å². The first-order valence-electron chi connectivity index (χ1n) is 10.6. The fourth-order valence-electron chi connectivity index (χ4n) is 2.23. The maximum absolute atomic E-state index is 13.3. The maximum Gasteiger partial charge on any atom is 0.334 e. The molecule has 0 aliphatic rings. The zero-order valence-corrected chi connectivity index (χ0v) is 19.9. The van der Waals surface area contributed by atoms with Crippen LogP contribution in [0.3, 0.4) is 0 Å². The molecule has 164 valence electrons. The summed E-state index contributed by atoms with van der Waals surface area (Å²) >= 11 is 0. The van der Waals surface area contributed by atoms with Crippen molar-refractivity contribution in [1.82, 2.24) is 0 Å². The van der Waals surface area contributed by atoms with Gasteiger partial charge in [-0.25, -0.2) is 0 Å². The molecule has 0 saturated carbocycles. The molecule has 0 fully saturated rings. The van der Waals surface area contributed by atoms with E-state index < -0.39 is 20.9 Å². The third-order valence-electron chi connectivity index (χ3n) is 4.14. The molecule has 0 bridgehead atoms. The Labute approximate surface area is 167 Å². The van der Waals surface area contributed by atoms with Crippen molar-refractivity contribution < 1.29 is 27.2 Å². The van der Waals surface area contributed by atoms with E-state index in [4.69, 9.17) is 18.1 Å². The van der Waals surface area contributed by atoms with E-state index in [-0.39, 0.29) is 6.16 Å². The molecule has 27 heavy (non-hydrogen) atoms. The second kappa shape index (κ2) is 16.1. The number of unbranched alkanes of at least 4 members (excludes halogenated alkanes) is 4. The predicted molar refractivity (Wildman–Crippen MR) is 113 cm³/mol. The highest BCUT2D eigenvalue weighted by Crippen LogP contribution is 2.60. The van der Waals surface area contributed by atoms with Crippen LogP contribution in [0.4, 0.5) is 0 Å². The quantitative estimate of drug-likeness (QED) is 0.162. The van der Waals surface area contributed by atoms with Crippen LogP contribution in [-0.4, -0.2) is 38.2 Å². The van der Waals surface area contributed by atoms with E-state index >= 15 is 0 Å². The predicted octanol–water partition coefficient (Wildman–Crippen LogP) is 7.03. The summed E-state index contributed by atoms with van der Waals surface area (Å²) in [5.74, 6) is 0. The molecule has 0 aromatic carbocycles. The molecule has 0 radical (unpaired) electrons. The van der Waals surface area contributed by atoms with Crippen molar-refractivity contribution in [1.29, 1.82) is 0 Å². The third-order valence-corrected chi connectivity index (χ3v) is 8.92. The van der Waals surface area contributed by atoms with Crippen molar-refractivity contribution in [2.24, 2.45) is 0 Å². The standard InChI is InChI=1S/C19H42O6P2/c1-6-10-14-22-26(20,23-15-11-7-2)18-19(5)27(21,24-16-12-8-3)25-17-13-9-4/h19H,6-18H2,1-5H3. The third kappa shape index (κ3) is 12.5. The van der Waals surface area contributed by atoms with E-state index in [1.54, 1.807) is 6.92 Å². The Bertz CT molecular complexity index is 416. The fourth-order valence-corrected chi connectivity index (χ4v) is 6.72. The Hall–Kier alpha value is 0.300. The summed E-state index contributed by atoms with van der Waals surface area (Å²) in [6, 6.07) is 0. The molecule has 0 amide bonds. The van der Waals surface area contributed by atoms with E-state index in [9.17, 15) is 9.13 Å². The van der Waals surface area contributed by atoms with Gasteiger partial charge in [-0.15, -0.1) is 0 Å². The summed E-state index contributed by atoms with van der Waals surface area (Å²) in [7, 11) is -6.72. The molecule has 0 spiro atoms. The first-order chi connectivity index (χ1) is 12.9. The Morgan fingerprint density at radius 3 is 1.30 bits per heavy atom. The van der Waals surface area contributed by atoms with Gasteiger partial charge in [-0.05, 0) is 25.7 Å². The largest absolute Gasteiger partial charge is 0.334 e. The maximum atomic E-state index is 13.3. The number of hydrogen-bond acceptors (Lipinski definition) is 6. The summed E-state index contributed by atoms with van der Waals surface area (Å²) in [5.41, 5.74) is -0.541. The smallest absolute Gasteiger partial charge is 0.309 e. The molecule has 1 atom stereocenters. The van der Waals surface area contributed by atoms with E-state index in [2.05, 4.69) is 0 Å². The van der Waals surface area contributed by atoms with Gasteiger partial charge in [0, 0.05) is 0 Å². The second-order valence-electron chi connectivity index (χ2n) is 6.93. The average molecular weight is 428 g/mol. The molecular weight excluding hydrogens is 386 g/mol. The van der Waals surface area contributed by atoms with Crippen molar-refractivity contribution >= 4 is 15.2 Å². The molecule has 8 heteroatoms. The van der Waals surface area contributed by atoms with E-state index in [1.165, 1.54) is 0 Å². The molecule has 0 aromatic rings. The minimum absolute atomic E-state index is 0.0515. The van der Waals surface area contributed by atoms with Crippen molar-refractivity contribution in [3.63, 3.8) is 0 Å². The lowest BCUT2D eigenvalue weighted by Crippen LogP contribution is -2.17. The number of hydrogen-bond donors (Lipinski definition) is 0. The van der Waals surface area contributed by atoms with Crippen LogP contribution in [0.2, 0.25) is 0 Å². The van der Waals surface area contributed by atoms with Crippen LogP contribution in [0.15, 0.2) is 0 Å². The summed E-state index contributed by atoms with van der Waals surface area (Å²) in [6.07, 6.45) is 7.09. The number of rotatable bonds is 19. The van der Waals surface area contributed by atoms with Crippen LogP contribution >= 0.6 is 15.2 Å². The van der Waals surface area contributed by atoms with Crippen molar-refractivity contribution in [3.8, 4) is 0 Å². The molecule has 1 unspecified atom stereocenters. The Morgan fingerprint density at radius 2 is 0.963 bits per heavy atom. The van der Waals surface area contributed by atoms with Gasteiger partial charge >= 0.3 is 15.2 Å². The molecular formula is C19H42O6P2. The lowest BCUT2D eigenvalue weighted by Gasteiger charge is -2.27. The highest BCUT2D eigenvalue weighted by Gasteiger charge is 2.39. The summed E-state index contributed by atoms with van der Waals surface area (Å²) in [5, 5.41) is 0. The van der Waals surface area contributed by atoms with Gasteiger partial charge in [0.15, 0.2) is 0 Å². The molecule has 0 rings (SSSR count). The van der Waals surface area contributed by atoms with Gasteiger partial charge in [0.25, 0.3) is 0 Å². The molecule has 0 aliphatic heterocycles. The van der Waals surface area contributed by atoms with Gasteiger partial charge in [-0.3, -0.25) is 9.13 Å². The minimum atomic E-state index is -3.38. The molecule has 0 heterocycles. The van der Waals surface area contributed by atoms with E-state index in [0.29, 0.717) is 26.4 Å². The first kappa shape index (κ1) is 27.3. The SMILES string of the molecule is CCCCOP(=O)(CC(C)P(=O)(OCCCC)OCCCC)OCCCC. The van der Waals surface area contributed by atoms with Crippen LogP contribution in [0.5, 0.6) is 0 Å². The van der Waals surface area contributed by atoms with Gasteiger partial charge in [0.2, 0.25) is 0 Å². The zero-order valence-electron chi connectivity index (χ0n) is 18.1. The van der Waals surface area contributed by atoms with Crippen LogP contribution in [-0.2, 0) is 27.2 Å². The lowest BCUT2D eigenvalue weighted by molar-refractivity contribution is 0.186. The normalized spacial score (nSPS) is 13.8. The molecule has 6 nitrogen and oxygen atoms in total. The summed E-state index contributed by atoms with van der Waals surface area (Å²) in [6.45, 7) is 11.5. The van der Waals surface area contributed by atoms with Crippen LogP contribution in [0, 0.1) is 0 Å². The Balaban J connectivity index is 5.08. The van der Waals surface area contributed by atoms with Crippen LogP contribution in [0.1, 0.15) is 86.0 Å². The monoisotopic (exact) mass is 428 g/mol. The molecule has 0 N–H and O–H groups in total. The minimum Gasteiger partial charge on any atom is -0.309 e. The highest BCUT2D eigenvalue weighted by atomic mass is 31.2. The van der Waals surface area contributed by atoms with E-state index in [0.717, 1.165) is 51.4 Å². The highest BCUT2D eigenvalue weighted by molar-refractivity contribution is 7.58. The van der Waals surface area contributed by atoms with Crippen molar-refractivity contribution in [3.05, 3.63) is 0 Å². The second-order valence-corrected chi connectivity index (χ2v) is 11.5. The fraction of sp³-hybridized carbons (Fsp3) is 1.00. The van der Waals surface area contributed by atoms with Crippen LogP contribution in [0.25, 0.3) is 0 Å². The lowest BCUT2D eigenvalue weighted by atomic mass is 10.4. The van der Waals surface area contributed by atoms with Gasteiger partial charge < -0.3 is 18.1 Å². The van der Waals surface area contributed by atoms with Gasteiger partial charge in [0.1, 0.15) is 0 Å². The van der Waals surface area contributed by atoms with Crippen molar-refractivity contribution in [2.45, 2.75) is 91.6 Å². The topological polar surface area (TPSA) is 71.1 Å². The van der Waals surface area contributed by atoms with Crippen LogP contribution < -0.4 is 0 Å². The van der Waals surface area contributed by atoms with Gasteiger partial charge in [0.05, 0.1) is 38.2 Å². The molecule has 0 aliphatic carbocycles. The Kier molecular flexibility index (Phi) is 16.3. The first-order valence-corrected chi connectivity index (χ1v) is 14.0. The van der Waals surface area contributed by atoms with Crippen molar-refractivity contribution in [2.75, 3.05) is 32.6 Å². The van der Waals surface area contributed by atoms with Gasteiger partial charge in [-0.1, -0.05) is 60.3 Å². The van der Waals surface area contributed by atoms with Gasteiger partial charge in [-0.2, -0.15) is 0 Å². The zero-order chi connectivity index (χ0) is 20.6.